The number of hydrogen-bond donors (Lipinski definition) is 0. The van der Waals surface area contributed by atoms with Gasteiger partial charge in [0, 0.05) is 19.6 Å². The highest BCUT2D eigenvalue weighted by atomic mass is 16.5. The zero-order valence-electron chi connectivity index (χ0n) is 11.8. The van der Waals surface area contributed by atoms with Gasteiger partial charge in [-0.1, -0.05) is 12.8 Å². The van der Waals surface area contributed by atoms with Gasteiger partial charge in [-0.05, 0) is 38.7 Å². The van der Waals surface area contributed by atoms with Crippen molar-refractivity contribution in [3.8, 4) is 0 Å². The fraction of sp³-hybridized carbons (Fsp3) is 0.733. The Morgan fingerprint density at radius 1 is 1.47 bits per heavy atom. The van der Waals surface area contributed by atoms with E-state index in [4.69, 9.17) is 4.74 Å². The van der Waals surface area contributed by atoms with Gasteiger partial charge in [-0.3, -0.25) is 9.48 Å². The minimum atomic E-state index is 0.00616. The van der Waals surface area contributed by atoms with E-state index in [1.807, 2.05) is 20.0 Å². The Balaban J connectivity index is 1.78. The summed E-state index contributed by atoms with van der Waals surface area (Å²) in [5, 5.41) is 4.28. The van der Waals surface area contributed by atoms with Crippen LogP contribution in [0, 0.1) is 12.8 Å². The third-order valence-corrected chi connectivity index (χ3v) is 4.63. The van der Waals surface area contributed by atoms with Crippen molar-refractivity contribution < 1.29 is 9.53 Å². The average molecular weight is 262 g/mol. The Morgan fingerprint density at radius 2 is 2.21 bits per heavy atom. The van der Waals surface area contributed by atoms with E-state index >= 15 is 0 Å². The van der Waals surface area contributed by atoms with Crippen molar-refractivity contribution in [1.29, 1.82) is 0 Å². The highest BCUT2D eigenvalue weighted by Crippen LogP contribution is 2.42. The van der Waals surface area contributed by atoms with Gasteiger partial charge >= 0.3 is 0 Å². The molecule has 1 aliphatic heterocycles. The van der Waals surface area contributed by atoms with E-state index in [0.29, 0.717) is 0 Å². The summed E-state index contributed by atoms with van der Waals surface area (Å²) in [4.78, 5) is 12.7. The summed E-state index contributed by atoms with van der Waals surface area (Å²) in [6.07, 6.45) is 6.49. The third-order valence-electron chi connectivity index (χ3n) is 4.63. The largest absolute Gasteiger partial charge is 0.375 e. The van der Waals surface area contributed by atoms with Gasteiger partial charge in [-0.15, -0.1) is 0 Å². The number of rotatable bonds is 2. The number of Topliss-reactive ketones (excluding diaryl/α,β-unsaturated/α-hetero) is 1. The van der Waals surface area contributed by atoms with Crippen molar-refractivity contribution in [2.45, 2.75) is 51.0 Å². The number of carbonyl (C=O) groups excluding carboxylic acids is 1. The number of aryl methyl sites for hydroxylation is 2. The first-order valence-corrected chi connectivity index (χ1v) is 7.28. The molecule has 4 nitrogen and oxygen atoms in total. The lowest BCUT2D eigenvalue weighted by Crippen LogP contribution is -2.40. The maximum atomic E-state index is 12.7. The van der Waals surface area contributed by atoms with Gasteiger partial charge in [-0.25, -0.2) is 0 Å². The van der Waals surface area contributed by atoms with Gasteiger partial charge in [0.1, 0.15) is 5.69 Å². The molecule has 1 aliphatic carbocycles. The first-order chi connectivity index (χ1) is 9.10. The predicted octanol–water partition coefficient (Wildman–Crippen LogP) is 2.65. The Bertz CT molecular complexity index is 486. The Morgan fingerprint density at radius 3 is 2.84 bits per heavy atom. The average Bonchev–Trinajstić information content (AvgIpc) is 2.96. The molecule has 0 radical (unpaired) electrons. The SMILES string of the molecule is Cc1cc(C(=O)C2CCOC3(CCCC3)C2)n(C)n1. The molecule has 2 aliphatic rings. The Kier molecular flexibility index (Phi) is 3.21. The molecule has 104 valence electrons. The van der Waals surface area contributed by atoms with Crippen LogP contribution in [-0.2, 0) is 11.8 Å². The third kappa shape index (κ3) is 2.34. The van der Waals surface area contributed by atoms with Gasteiger partial charge in [-0.2, -0.15) is 5.10 Å². The maximum Gasteiger partial charge on any atom is 0.184 e. The number of ketones is 1. The van der Waals surface area contributed by atoms with E-state index < -0.39 is 0 Å². The summed E-state index contributed by atoms with van der Waals surface area (Å²) in [6, 6.07) is 1.90. The molecule has 1 saturated carbocycles. The van der Waals surface area contributed by atoms with Crippen molar-refractivity contribution in [3.63, 3.8) is 0 Å². The Labute approximate surface area is 114 Å². The van der Waals surface area contributed by atoms with Gasteiger partial charge in [0.25, 0.3) is 0 Å². The van der Waals surface area contributed by atoms with Gasteiger partial charge in [0.15, 0.2) is 5.78 Å². The van der Waals surface area contributed by atoms with E-state index in [1.54, 1.807) is 4.68 Å². The maximum absolute atomic E-state index is 12.7. The van der Waals surface area contributed by atoms with Crippen molar-refractivity contribution in [2.75, 3.05) is 6.61 Å². The van der Waals surface area contributed by atoms with Crippen molar-refractivity contribution in [3.05, 3.63) is 17.5 Å². The molecule has 0 N–H and O–H groups in total. The standard InChI is InChI=1S/C15H22N2O2/c1-11-9-13(17(2)16-11)14(18)12-5-8-19-15(10-12)6-3-4-7-15/h9,12H,3-8,10H2,1-2H3. The summed E-state index contributed by atoms with van der Waals surface area (Å²) < 4.78 is 7.72. The summed E-state index contributed by atoms with van der Waals surface area (Å²) in [5.74, 6) is 0.360. The molecule has 1 unspecified atom stereocenters. The topological polar surface area (TPSA) is 44.1 Å². The molecule has 1 spiro atoms. The first kappa shape index (κ1) is 12.9. The van der Waals surface area contributed by atoms with Crippen LogP contribution >= 0.6 is 0 Å². The normalized spacial score (nSPS) is 25.9. The quantitative estimate of drug-likeness (QED) is 0.770. The van der Waals surface area contributed by atoms with Crippen molar-refractivity contribution in [2.24, 2.45) is 13.0 Å². The van der Waals surface area contributed by atoms with Gasteiger partial charge in [0.05, 0.1) is 11.3 Å². The number of hydrogen-bond acceptors (Lipinski definition) is 3. The molecule has 3 rings (SSSR count). The van der Waals surface area contributed by atoms with Crippen LogP contribution in [0.25, 0.3) is 0 Å². The van der Waals surface area contributed by atoms with Crippen LogP contribution in [0.2, 0.25) is 0 Å². The molecule has 0 aromatic carbocycles. The molecule has 1 aromatic rings. The van der Waals surface area contributed by atoms with Crippen LogP contribution in [0.5, 0.6) is 0 Å². The molecule has 2 heterocycles. The minimum Gasteiger partial charge on any atom is -0.375 e. The minimum absolute atomic E-state index is 0.00616. The van der Waals surface area contributed by atoms with E-state index in [1.165, 1.54) is 12.8 Å². The van der Waals surface area contributed by atoms with Crippen LogP contribution < -0.4 is 0 Å². The lowest BCUT2D eigenvalue weighted by atomic mass is 9.81. The molecule has 0 bridgehead atoms. The van der Waals surface area contributed by atoms with Crippen LogP contribution in [0.1, 0.15) is 54.7 Å². The molecular formula is C15H22N2O2. The molecule has 2 fully saturated rings. The molecule has 1 atom stereocenters. The van der Waals surface area contributed by atoms with Gasteiger partial charge in [0.2, 0.25) is 0 Å². The molecule has 19 heavy (non-hydrogen) atoms. The Hall–Kier alpha value is -1.16. The number of aromatic nitrogens is 2. The van der Waals surface area contributed by atoms with E-state index in [9.17, 15) is 4.79 Å². The highest BCUT2D eigenvalue weighted by molar-refractivity contribution is 5.96. The van der Waals surface area contributed by atoms with Crippen LogP contribution in [0.15, 0.2) is 6.07 Å². The second-order valence-corrected chi connectivity index (χ2v) is 6.09. The van der Waals surface area contributed by atoms with Crippen molar-refractivity contribution in [1.82, 2.24) is 9.78 Å². The zero-order chi connectivity index (χ0) is 13.5. The van der Waals surface area contributed by atoms with Crippen LogP contribution in [0.3, 0.4) is 0 Å². The number of nitrogens with zero attached hydrogens (tertiary/aromatic N) is 2. The van der Waals surface area contributed by atoms with E-state index in [0.717, 1.165) is 43.7 Å². The molecular weight excluding hydrogens is 240 g/mol. The van der Waals surface area contributed by atoms with E-state index in [-0.39, 0.29) is 17.3 Å². The van der Waals surface area contributed by atoms with Crippen LogP contribution in [0.4, 0.5) is 0 Å². The zero-order valence-corrected chi connectivity index (χ0v) is 11.8. The fourth-order valence-corrected chi connectivity index (χ4v) is 3.67. The number of ether oxygens (including phenoxy) is 1. The summed E-state index contributed by atoms with van der Waals surface area (Å²) >= 11 is 0. The smallest absolute Gasteiger partial charge is 0.184 e. The monoisotopic (exact) mass is 262 g/mol. The lowest BCUT2D eigenvalue weighted by Gasteiger charge is -2.37. The second-order valence-electron chi connectivity index (χ2n) is 6.09. The lowest BCUT2D eigenvalue weighted by molar-refractivity contribution is -0.0867. The highest BCUT2D eigenvalue weighted by Gasteiger charge is 2.42. The number of carbonyl (C=O) groups is 1. The summed E-state index contributed by atoms with van der Waals surface area (Å²) in [7, 11) is 1.85. The summed E-state index contributed by atoms with van der Waals surface area (Å²) in [6.45, 7) is 2.66. The second kappa shape index (κ2) is 4.75. The molecule has 1 saturated heterocycles. The van der Waals surface area contributed by atoms with Gasteiger partial charge < -0.3 is 4.74 Å². The van der Waals surface area contributed by atoms with E-state index in [2.05, 4.69) is 5.10 Å². The van der Waals surface area contributed by atoms with Crippen LogP contribution in [-0.4, -0.2) is 27.8 Å². The fourth-order valence-electron chi connectivity index (χ4n) is 3.67. The molecule has 4 heteroatoms. The first-order valence-electron chi connectivity index (χ1n) is 7.28. The summed E-state index contributed by atoms with van der Waals surface area (Å²) in [5.41, 5.74) is 1.66. The molecule has 0 amide bonds. The van der Waals surface area contributed by atoms with Crippen molar-refractivity contribution >= 4 is 5.78 Å². The molecule has 1 aromatic heterocycles. The predicted molar refractivity (Wildman–Crippen MR) is 72.2 cm³/mol.